The lowest BCUT2D eigenvalue weighted by atomic mass is 10.3. The number of rotatable bonds is 4. The van der Waals surface area contributed by atoms with Gasteiger partial charge in [0.2, 0.25) is 0 Å². The van der Waals surface area contributed by atoms with Gasteiger partial charge in [0, 0.05) is 6.54 Å². The van der Waals surface area contributed by atoms with Crippen molar-refractivity contribution in [2.75, 3.05) is 11.9 Å². The van der Waals surface area contributed by atoms with Crippen LogP contribution in [0.2, 0.25) is 0 Å². The van der Waals surface area contributed by atoms with Crippen LogP contribution in [0.4, 0.5) is 14.6 Å². The highest BCUT2D eigenvalue weighted by Crippen LogP contribution is 2.10. The van der Waals surface area contributed by atoms with Gasteiger partial charge in [0.15, 0.2) is 0 Å². The molecule has 78 valence electrons. The van der Waals surface area contributed by atoms with E-state index in [4.69, 9.17) is 5.11 Å². The number of hydrogen-bond donors (Lipinski definition) is 2. The molecule has 0 aliphatic rings. The first kappa shape index (κ1) is 11.3. The lowest BCUT2D eigenvalue weighted by Gasteiger charge is -2.10. The Bertz CT molecular complexity index is 298. The summed E-state index contributed by atoms with van der Waals surface area (Å²) >= 11 is 3.14. The van der Waals surface area contributed by atoms with Crippen LogP contribution >= 0.6 is 15.9 Å². The molecule has 0 radical (unpaired) electrons. The van der Waals surface area contributed by atoms with Crippen LogP contribution in [0.1, 0.15) is 0 Å². The van der Waals surface area contributed by atoms with Gasteiger partial charge in [0.25, 0.3) is 6.43 Å². The van der Waals surface area contributed by atoms with E-state index in [0.717, 1.165) is 0 Å². The van der Waals surface area contributed by atoms with E-state index in [0.29, 0.717) is 10.4 Å². The summed E-state index contributed by atoms with van der Waals surface area (Å²) in [6.07, 6.45) is -4.41. The number of pyridine rings is 1. The normalized spacial score (nSPS) is 12.9. The molecule has 0 fully saturated rings. The van der Waals surface area contributed by atoms with Crippen LogP contribution in [0.5, 0.6) is 0 Å². The number of halogens is 3. The molecule has 6 heteroatoms. The summed E-state index contributed by atoms with van der Waals surface area (Å²) < 4.78 is 24.4. The van der Waals surface area contributed by atoms with Crippen LogP contribution in [0.3, 0.4) is 0 Å². The number of aliphatic hydroxyl groups is 1. The van der Waals surface area contributed by atoms with Crippen LogP contribution in [0, 0.1) is 0 Å². The highest BCUT2D eigenvalue weighted by molar-refractivity contribution is 9.10. The number of nitrogens with zero attached hydrogens (tertiary/aromatic N) is 1. The Hall–Kier alpha value is -0.750. The third kappa shape index (κ3) is 3.55. The minimum Gasteiger partial charge on any atom is -0.385 e. The number of aliphatic hydroxyl groups excluding tert-OH is 1. The fraction of sp³-hybridized carbons (Fsp3) is 0.375. The van der Waals surface area contributed by atoms with Gasteiger partial charge in [-0.3, -0.25) is 0 Å². The van der Waals surface area contributed by atoms with Crippen molar-refractivity contribution in [2.45, 2.75) is 12.5 Å². The Balaban J connectivity index is 2.45. The molecule has 0 saturated heterocycles. The minimum absolute atomic E-state index is 0.221. The summed E-state index contributed by atoms with van der Waals surface area (Å²) in [7, 11) is 0. The largest absolute Gasteiger partial charge is 0.385 e. The van der Waals surface area contributed by atoms with Gasteiger partial charge in [-0.2, -0.15) is 0 Å². The first-order valence-electron chi connectivity index (χ1n) is 3.92. The molecule has 0 spiro atoms. The van der Waals surface area contributed by atoms with Gasteiger partial charge < -0.3 is 10.4 Å². The van der Waals surface area contributed by atoms with Crippen molar-refractivity contribution >= 4 is 21.7 Å². The quantitative estimate of drug-likeness (QED) is 0.819. The molecule has 0 bridgehead atoms. The third-order valence-corrected chi connectivity index (χ3v) is 1.94. The second kappa shape index (κ2) is 5.21. The summed E-state index contributed by atoms with van der Waals surface area (Å²) in [5, 5.41) is 11.4. The molecule has 0 amide bonds. The Morgan fingerprint density at radius 2 is 2.21 bits per heavy atom. The summed E-state index contributed by atoms with van der Waals surface area (Å²) in [6.45, 7) is -0.221. The number of aromatic nitrogens is 1. The molecule has 1 rings (SSSR count). The smallest absolute Gasteiger partial charge is 0.265 e. The molecular weight excluding hydrogens is 258 g/mol. The molecule has 0 aliphatic heterocycles. The van der Waals surface area contributed by atoms with Gasteiger partial charge in [-0.25, -0.2) is 13.8 Å². The van der Waals surface area contributed by atoms with Crippen LogP contribution in [0.15, 0.2) is 22.8 Å². The summed E-state index contributed by atoms with van der Waals surface area (Å²) in [5.41, 5.74) is 0. The van der Waals surface area contributed by atoms with Crippen LogP contribution < -0.4 is 5.32 Å². The summed E-state index contributed by atoms with van der Waals surface area (Å²) in [6, 6.07) is 5.06. The van der Waals surface area contributed by atoms with Gasteiger partial charge in [-0.1, -0.05) is 6.07 Å². The first-order chi connectivity index (χ1) is 6.59. The molecule has 14 heavy (non-hydrogen) atoms. The second-order valence-electron chi connectivity index (χ2n) is 2.63. The van der Waals surface area contributed by atoms with Gasteiger partial charge >= 0.3 is 0 Å². The summed E-state index contributed by atoms with van der Waals surface area (Å²) in [5.74, 6) is 0.444. The fourth-order valence-electron chi connectivity index (χ4n) is 0.805. The SMILES string of the molecule is OC(CNc1cccc(Br)n1)C(F)F. The molecule has 0 aromatic carbocycles. The monoisotopic (exact) mass is 266 g/mol. The number of anilines is 1. The van der Waals surface area contributed by atoms with Crippen molar-refractivity contribution in [2.24, 2.45) is 0 Å². The zero-order valence-corrected chi connectivity index (χ0v) is 8.71. The molecule has 1 aromatic heterocycles. The average molecular weight is 267 g/mol. The highest BCUT2D eigenvalue weighted by Gasteiger charge is 2.15. The average Bonchev–Trinajstić information content (AvgIpc) is 2.14. The van der Waals surface area contributed by atoms with Crippen LogP contribution in [0.25, 0.3) is 0 Å². The summed E-state index contributed by atoms with van der Waals surface area (Å²) in [4.78, 5) is 3.95. The zero-order chi connectivity index (χ0) is 10.6. The third-order valence-electron chi connectivity index (χ3n) is 1.50. The number of alkyl halides is 2. The maximum Gasteiger partial charge on any atom is 0.265 e. The predicted octanol–water partition coefficient (Wildman–Crippen LogP) is 1.88. The molecular formula is C8H9BrF2N2O. The Labute approximate surface area is 88.3 Å². The Morgan fingerprint density at radius 1 is 1.50 bits per heavy atom. The molecule has 2 N–H and O–H groups in total. The van der Waals surface area contributed by atoms with E-state index in [1.165, 1.54) is 0 Å². The molecule has 0 saturated carbocycles. The van der Waals surface area contributed by atoms with Crippen molar-refractivity contribution < 1.29 is 13.9 Å². The van der Waals surface area contributed by atoms with E-state index in [9.17, 15) is 8.78 Å². The topological polar surface area (TPSA) is 45.1 Å². The fourth-order valence-corrected chi connectivity index (χ4v) is 1.15. The van der Waals surface area contributed by atoms with Crippen molar-refractivity contribution in [3.05, 3.63) is 22.8 Å². The van der Waals surface area contributed by atoms with Crippen LogP contribution in [-0.4, -0.2) is 29.2 Å². The van der Waals surface area contributed by atoms with Gasteiger partial charge in [-0.15, -0.1) is 0 Å². The van der Waals surface area contributed by atoms with Crippen molar-refractivity contribution in [3.8, 4) is 0 Å². The van der Waals surface area contributed by atoms with Crippen molar-refractivity contribution in [1.29, 1.82) is 0 Å². The zero-order valence-electron chi connectivity index (χ0n) is 7.12. The molecule has 0 aliphatic carbocycles. The number of nitrogens with one attached hydrogen (secondary N) is 1. The van der Waals surface area contributed by atoms with E-state index >= 15 is 0 Å². The predicted molar refractivity (Wildman–Crippen MR) is 52.4 cm³/mol. The van der Waals surface area contributed by atoms with Gasteiger partial charge in [0.05, 0.1) is 0 Å². The van der Waals surface area contributed by atoms with Gasteiger partial charge in [-0.05, 0) is 28.1 Å². The van der Waals surface area contributed by atoms with E-state index in [1.54, 1.807) is 18.2 Å². The van der Waals surface area contributed by atoms with Gasteiger partial charge in [0.1, 0.15) is 16.5 Å². The minimum atomic E-state index is -2.74. The lowest BCUT2D eigenvalue weighted by Crippen LogP contribution is -2.27. The van der Waals surface area contributed by atoms with E-state index in [-0.39, 0.29) is 6.54 Å². The first-order valence-corrected chi connectivity index (χ1v) is 4.71. The molecule has 1 aromatic rings. The van der Waals surface area contributed by atoms with Crippen LogP contribution in [-0.2, 0) is 0 Å². The Kier molecular flexibility index (Phi) is 4.21. The molecule has 1 atom stereocenters. The standard InChI is InChI=1S/C8H9BrF2N2O/c9-6-2-1-3-7(13-6)12-4-5(14)8(10)11/h1-3,5,8,14H,4H2,(H,12,13). The van der Waals surface area contributed by atoms with Crippen molar-refractivity contribution in [3.63, 3.8) is 0 Å². The molecule has 1 unspecified atom stereocenters. The highest BCUT2D eigenvalue weighted by atomic mass is 79.9. The lowest BCUT2D eigenvalue weighted by molar-refractivity contribution is 0.00380. The van der Waals surface area contributed by atoms with Crippen molar-refractivity contribution in [1.82, 2.24) is 4.98 Å². The second-order valence-corrected chi connectivity index (χ2v) is 3.44. The van der Waals surface area contributed by atoms with E-state index in [1.807, 2.05) is 0 Å². The maximum atomic E-state index is 11.9. The van der Waals surface area contributed by atoms with E-state index in [2.05, 4.69) is 26.2 Å². The molecule has 1 heterocycles. The molecule has 3 nitrogen and oxygen atoms in total. The number of hydrogen-bond acceptors (Lipinski definition) is 3. The maximum absolute atomic E-state index is 11.9. The Morgan fingerprint density at radius 3 is 2.79 bits per heavy atom. The van der Waals surface area contributed by atoms with E-state index < -0.39 is 12.5 Å².